The molecule has 1 aliphatic heterocycles. The lowest BCUT2D eigenvalue weighted by Gasteiger charge is -2.34. The second kappa shape index (κ2) is 11.6. The van der Waals surface area contributed by atoms with Gasteiger partial charge in [-0.2, -0.15) is 4.98 Å². The molecular formula is C27H30FN7O. The van der Waals surface area contributed by atoms with Gasteiger partial charge in [0.1, 0.15) is 0 Å². The highest BCUT2D eigenvalue weighted by atomic mass is 19.1. The summed E-state index contributed by atoms with van der Waals surface area (Å²) in [5.41, 5.74) is 2.98. The zero-order valence-electron chi connectivity index (χ0n) is 20.6. The van der Waals surface area contributed by atoms with Crippen LogP contribution in [0.25, 0.3) is 0 Å². The number of aryl methyl sites for hydroxylation is 1. The first-order valence-corrected chi connectivity index (χ1v) is 11.9. The Morgan fingerprint density at radius 3 is 2.53 bits per heavy atom. The highest BCUT2D eigenvalue weighted by Crippen LogP contribution is 2.22. The van der Waals surface area contributed by atoms with Gasteiger partial charge in [0.25, 0.3) is 5.91 Å². The minimum Gasteiger partial charge on any atom is -0.338 e. The number of piperazine rings is 1. The number of aromatic nitrogens is 2. The van der Waals surface area contributed by atoms with E-state index in [0.717, 1.165) is 30.5 Å². The van der Waals surface area contributed by atoms with Crippen LogP contribution in [0.3, 0.4) is 0 Å². The molecule has 8 nitrogen and oxygen atoms in total. The Bertz CT molecular complexity index is 1280. The van der Waals surface area contributed by atoms with E-state index in [1.807, 2.05) is 31.2 Å². The Morgan fingerprint density at radius 2 is 1.78 bits per heavy atom. The Morgan fingerprint density at radius 1 is 1.08 bits per heavy atom. The maximum Gasteiger partial charge on any atom is 0.300 e. The van der Waals surface area contributed by atoms with Gasteiger partial charge in [-0.25, -0.2) is 9.37 Å². The Labute approximate surface area is 210 Å². The molecule has 2 aromatic carbocycles. The summed E-state index contributed by atoms with van der Waals surface area (Å²) in [6.45, 7) is 8.60. The number of benzene rings is 2. The van der Waals surface area contributed by atoms with Crippen molar-refractivity contribution in [2.45, 2.75) is 32.9 Å². The van der Waals surface area contributed by atoms with Crippen molar-refractivity contribution in [2.24, 2.45) is 0 Å². The largest absolute Gasteiger partial charge is 0.338 e. The Hall–Kier alpha value is -4.00. The summed E-state index contributed by atoms with van der Waals surface area (Å²) in [5.74, 6) is 4.96. The summed E-state index contributed by atoms with van der Waals surface area (Å²) in [5, 5.41) is 12.3. The van der Waals surface area contributed by atoms with Crippen molar-refractivity contribution in [1.29, 1.82) is 0 Å². The van der Waals surface area contributed by atoms with E-state index < -0.39 is 5.82 Å². The molecule has 0 saturated carbocycles. The van der Waals surface area contributed by atoms with E-state index in [-0.39, 0.29) is 17.7 Å². The summed E-state index contributed by atoms with van der Waals surface area (Å²) in [7, 11) is 0. The van der Waals surface area contributed by atoms with Crippen molar-refractivity contribution >= 4 is 34.7 Å². The fourth-order valence-electron chi connectivity index (χ4n) is 4.14. The van der Waals surface area contributed by atoms with E-state index in [2.05, 4.69) is 61.8 Å². The smallest absolute Gasteiger partial charge is 0.300 e. The number of anilines is 5. The molecule has 0 aliphatic carbocycles. The fraction of sp³-hybridized carbons (Fsp3) is 0.296. The lowest BCUT2D eigenvalue weighted by atomic mass is 10.1. The first-order valence-electron chi connectivity index (χ1n) is 11.9. The van der Waals surface area contributed by atoms with Crippen LogP contribution in [0.4, 0.5) is 33.2 Å². The summed E-state index contributed by atoms with van der Waals surface area (Å²) in [4.78, 5) is 22.8. The summed E-state index contributed by atoms with van der Waals surface area (Å²) < 4.78 is 14.3. The van der Waals surface area contributed by atoms with Gasteiger partial charge >= 0.3 is 0 Å². The number of amides is 1. The van der Waals surface area contributed by atoms with Gasteiger partial charge in [0.2, 0.25) is 5.95 Å². The molecule has 1 aliphatic rings. The molecule has 4 rings (SSSR count). The van der Waals surface area contributed by atoms with Crippen molar-refractivity contribution in [1.82, 2.24) is 20.2 Å². The zero-order chi connectivity index (χ0) is 25.5. The molecule has 186 valence electrons. The summed E-state index contributed by atoms with van der Waals surface area (Å²) in [6.07, 6.45) is 1.11. The van der Waals surface area contributed by atoms with Crippen LogP contribution < -0.4 is 21.3 Å². The topological polar surface area (TPSA) is 94.2 Å². The first kappa shape index (κ1) is 25.1. The third-order valence-corrected chi connectivity index (χ3v) is 5.54. The second-order valence-corrected chi connectivity index (χ2v) is 9.01. The number of carbonyl (C=O) groups excluding carboxylic acids is 1. The van der Waals surface area contributed by atoms with E-state index in [1.165, 1.54) is 0 Å². The van der Waals surface area contributed by atoms with Crippen LogP contribution in [-0.4, -0.2) is 52.5 Å². The molecule has 1 saturated heterocycles. The highest BCUT2D eigenvalue weighted by molar-refractivity contribution is 6.04. The van der Waals surface area contributed by atoms with Crippen LogP contribution >= 0.6 is 0 Å². The van der Waals surface area contributed by atoms with Gasteiger partial charge < -0.3 is 21.3 Å². The molecule has 0 bridgehead atoms. The van der Waals surface area contributed by atoms with Crippen molar-refractivity contribution in [2.75, 3.05) is 35.6 Å². The lowest BCUT2D eigenvalue weighted by Crippen LogP contribution is -2.54. The Balaban J connectivity index is 1.36. The minimum atomic E-state index is -0.564. The second-order valence-electron chi connectivity index (χ2n) is 9.01. The fourth-order valence-corrected chi connectivity index (χ4v) is 4.14. The minimum absolute atomic E-state index is 0.0612. The number of nitrogens with one attached hydrogen (secondary N) is 4. The van der Waals surface area contributed by atoms with Crippen molar-refractivity contribution in [3.63, 3.8) is 0 Å². The number of hydrogen-bond acceptors (Lipinski definition) is 7. The molecule has 3 aromatic rings. The molecule has 1 fully saturated rings. The molecule has 1 aromatic heterocycles. The number of rotatable bonds is 6. The van der Waals surface area contributed by atoms with Gasteiger partial charge in [0.15, 0.2) is 11.6 Å². The summed E-state index contributed by atoms with van der Waals surface area (Å²) in [6, 6.07) is 15.5. The first-order chi connectivity index (χ1) is 17.3. The molecule has 2 heterocycles. The van der Waals surface area contributed by atoms with Gasteiger partial charge in [0.05, 0.1) is 12.7 Å². The third kappa shape index (κ3) is 7.25. The number of halogens is 1. The van der Waals surface area contributed by atoms with Crippen molar-refractivity contribution in [3.8, 4) is 11.8 Å². The van der Waals surface area contributed by atoms with E-state index in [1.54, 1.807) is 24.3 Å². The maximum absolute atomic E-state index is 14.3. The molecule has 0 radical (unpaired) electrons. The van der Waals surface area contributed by atoms with Crippen molar-refractivity contribution < 1.29 is 9.18 Å². The van der Waals surface area contributed by atoms with Crippen molar-refractivity contribution in [3.05, 3.63) is 66.1 Å². The van der Waals surface area contributed by atoms with E-state index in [4.69, 9.17) is 0 Å². The monoisotopic (exact) mass is 487 g/mol. The number of nitrogens with zero attached hydrogens (tertiary/aromatic N) is 3. The van der Waals surface area contributed by atoms with Crippen LogP contribution in [0.1, 0.15) is 19.4 Å². The normalized spacial score (nSPS) is 17.6. The van der Waals surface area contributed by atoms with Gasteiger partial charge in [0, 0.05) is 42.2 Å². The van der Waals surface area contributed by atoms with Crippen LogP contribution in [0.2, 0.25) is 0 Å². The predicted octanol–water partition coefficient (Wildman–Crippen LogP) is 4.04. The molecule has 4 N–H and O–H groups in total. The lowest BCUT2D eigenvalue weighted by molar-refractivity contribution is -0.111. The highest BCUT2D eigenvalue weighted by Gasteiger charge is 2.19. The van der Waals surface area contributed by atoms with Crippen LogP contribution in [0.5, 0.6) is 0 Å². The molecule has 0 unspecified atom stereocenters. The molecule has 0 spiro atoms. The quantitative estimate of drug-likeness (QED) is 0.390. The van der Waals surface area contributed by atoms with Crippen LogP contribution in [0.15, 0.2) is 54.7 Å². The maximum atomic E-state index is 14.3. The SMILES string of the molecule is Cc1cccc(Nc2nc(Nc3cccc(NC(=O)C#CCN4C[C@@H](C)N[C@@H](C)C4)c3)ncc2F)c1. The van der Waals surface area contributed by atoms with Crippen LogP contribution in [-0.2, 0) is 4.79 Å². The van der Waals surface area contributed by atoms with Crippen LogP contribution in [0, 0.1) is 24.6 Å². The number of hydrogen-bond donors (Lipinski definition) is 4. The molecule has 9 heteroatoms. The Kier molecular flexibility index (Phi) is 8.10. The third-order valence-electron chi connectivity index (χ3n) is 5.54. The molecule has 1 amide bonds. The van der Waals surface area contributed by atoms with E-state index in [9.17, 15) is 9.18 Å². The molecular weight excluding hydrogens is 457 g/mol. The van der Waals surface area contributed by atoms with E-state index in [0.29, 0.717) is 30.0 Å². The molecule has 36 heavy (non-hydrogen) atoms. The van der Waals surface area contributed by atoms with Gasteiger partial charge in [-0.1, -0.05) is 24.1 Å². The van der Waals surface area contributed by atoms with Gasteiger partial charge in [-0.05, 0) is 62.6 Å². The average molecular weight is 488 g/mol. The van der Waals surface area contributed by atoms with Gasteiger partial charge in [-0.3, -0.25) is 9.69 Å². The average Bonchev–Trinajstić information content (AvgIpc) is 2.81. The zero-order valence-corrected chi connectivity index (χ0v) is 20.6. The van der Waals surface area contributed by atoms with E-state index >= 15 is 0 Å². The predicted molar refractivity (Wildman–Crippen MR) is 141 cm³/mol. The van der Waals surface area contributed by atoms with Gasteiger partial charge in [-0.15, -0.1) is 0 Å². The standard InChI is InChI=1S/C27H30FN7O/c1-18-7-4-8-21(13-18)32-26-24(28)15-29-27(34-26)33-23-10-5-9-22(14-23)31-25(36)11-6-12-35-16-19(2)30-20(3)17-35/h4-5,7-10,13-15,19-20,30H,12,16-17H2,1-3H3,(H,31,36)(H2,29,32,33,34)/t19-,20+. The molecule has 2 atom stereocenters. The number of carbonyl (C=O) groups is 1. The summed E-state index contributed by atoms with van der Waals surface area (Å²) >= 11 is 0.